The number of anilines is 1. The SMILES string of the molecule is Cc1ccc(NC(=O)C[C@H]2C(=O)NCCN2C(=O)CN2CCN(C(c3ccccc3)c3ccccc3)CC2)c(C)c1. The van der Waals surface area contributed by atoms with Crippen LogP contribution in [0.3, 0.4) is 0 Å². The van der Waals surface area contributed by atoms with Gasteiger partial charge in [0.05, 0.1) is 19.0 Å². The third-order valence-electron chi connectivity index (χ3n) is 8.05. The highest BCUT2D eigenvalue weighted by molar-refractivity contribution is 5.98. The molecule has 3 aromatic carbocycles. The first-order valence-electron chi connectivity index (χ1n) is 14.4. The number of hydrogen-bond donors (Lipinski definition) is 2. The summed E-state index contributed by atoms with van der Waals surface area (Å²) in [4.78, 5) is 45.4. The number of carbonyl (C=O) groups excluding carboxylic acids is 3. The molecule has 8 heteroatoms. The van der Waals surface area contributed by atoms with Gasteiger partial charge in [0.1, 0.15) is 6.04 Å². The highest BCUT2D eigenvalue weighted by atomic mass is 16.2. The van der Waals surface area contributed by atoms with Crippen LogP contribution in [-0.2, 0) is 14.4 Å². The molecule has 0 radical (unpaired) electrons. The molecule has 1 atom stereocenters. The fourth-order valence-corrected chi connectivity index (χ4v) is 5.89. The highest BCUT2D eigenvalue weighted by Gasteiger charge is 2.36. The quantitative estimate of drug-likeness (QED) is 0.447. The molecule has 2 saturated heterocycles. The highest BCUT2D eigenvalue weighted by Crippen LogP contribution is 2.29. The van der Waals surface area contributed by atoms with Gasteiger partial charge in [-0.3, -0.25) is 24.2 Å². The number of hydrogen-bond acceptors (Lipinski definition) is 5. The van der Waals surface area contributed by atoms with E-state index in [4.69, 9.17) is 0 Å². The summed E-state index contributed by atoms with van der Waals surface area (Å²) in [6.45, 7) is 8.11. The molecule has 0 bridgehead atoms. The van der Waals surface area contributed by atoms with E-state index in [1.54, 1.807) is 4.90 Å². The fourth-order valence-electron chi connectivity index (χ4n) is 5.89. The third kappa shape index (κ3) is 7.01. The monoisotopic (exact) mass is 553 g/mol. The molecule has 2 fully saturated rings. The lowest BCUT2D eigenvalue weighted by molar-refractivity contribution is -0.145. The maximum Gasteiger partial charge on any atom is 0.243 e. The zero-order valence-electron chi connectivity index (χ0n) is 23.9. The van der Waals surface area contributed by atoms with E-state index in [0.29, 0.717) is 13.1 Å². The van der Waals surface area contributed by atoms with Gasteiger partial charge in [-0.15, -0.1) is 0 Å². The Balaban J connectivity index is 1.20. The summed E-state index contributed by atoms with van der Waals surface area (Å²) in [5.41, 5.74) is 5.30. The van der Waals surface area contributed by atoms with Crippen LogP contribution in [0.2, 0.25) is 0 Å². The zero-order chi connectivity index (χ0) is 28.8. The van der Waals surface area contributed by atoms with Crippen molar-refractivity contribution in [1.29, 1.82) is 0 Å². The predicted molar refractivity (Wildman–Crippen MR) is 160 cm³/mol. The Morgan fingerprint density at radius 1 is 0.878 bits per heavy atom. The molecule has 2 aliphatic heterocycles. The average molecular weight is 554 g/mol. The number of piperazine rings is 2. The Morgan fingerprint density at radius 3 is 2.12 bits per heavy atom. The van der Waals surface area contributed by atoms with Gasteiger partial charge in [0, 0.05) is 45.0 Å². The molecule has 5 rings (SSSR count). The predicted octanol–water partition coefficient (Wildman–Crippen LogP) is 3.37. The maximum absolute atomic E-state index is 13.5. The van der Waals surface area contributed by atoms with Crippen molar-refractivity contribution in [3.8, 4) is 0 Å². The Labute approximate surface area is 242 Å². The van der Waals surface area contributed by atoms with E-state index >= 15 is 0 Å². The molecule has 0 unspecified atom stereocenters. The van der Waals surface area contributed by atoms with E-state index in [9.17, 15) is 14.4 Å². The number of amides is 3. The normalized spacial score (nSPS) is 18.3. The van der Waals surface area contributed by atoms with E-state index in [0.717, 1.165) is 43.0 Å². The molecule has 0 spiro atoms. The first-order valence-corrected chi connectivity index (χ1v) is 14.4. The number of rotatable bonds is 8. The van der Waals surface area contributed by atoms with Gasteiger partial charge in [-0.25, -0.2) is 0 Å². The molecule has 3 amide bonds. The van der Waals surface area contributed by atoms with Gasteiger partial charge in [-0.05, 0) is 36.6 Å². The zero-order valence-corrected chi connectivity index (χ0v) is 23.9. The minimum Gasteiger partial charge on any atom is -0.353 e. The van der Waals surface area contributed by atoms with Gasteiger partial charge in [0.15, 0.2) is 0 Å². The van der Waals surface area contributed by atoms with Crippen LogP contribution in [0.15, 0.2) is 78.9 Å². The fraction of sp³-hybridized carbons (Fsp3) is 0.364. The second kappa shape index (κ2) is 13.1. The Hall–Kier alpha value is -4.01. The number of nitrogens with zero attached hydrogens (tertiary/aromatic N) is 3. The topological polar surface area (TPSA) is 85.0 Å². The Bertz CT molecular complexity index is 1320. The average Bonchev–Trinajstić information content (AvgIpc) is 2.98. The largest absolute Gasteiger partial charge is 0.353 e. The molecule has 214 valence electrons. The molecule has 0 saturated carbocycles. The number of benzene rings is 3. The van der Waals surface area contributed by atoms with Crippen LogP contribution in [0, 0.1) is 13.8 Å². The first kappa shape index (κ1) is 28.5. The molecule has 2 N–H and O–H groups in total. The van der Waals surface area contributed by atoms with Crippen molar-refractivity contribution >= 4 is 23.4 Å². The molecule has 8 nitrogen and oxygen atoms in total. The smallest absolute Gasteiger partial charge is 0.243 e. The molecule has 2 heterocycles. The van der Waals surface area contributed by atoms with Gasteiger partial charge < -0.3 is 15.5 Å². The van der Waals surface area contributed by atoms with Gasteiger partial charge >= 0.3 is 0 Å². The van der Waals surface area contributed by atoms with Crippen LogP contribution in [-0.4, -0.2) is 84.3 Å². The van der Waals surface area contributed by atoms with E-state index < -0.39 is 6.04 Å². The Morgan fingerprint density at radius 2 is 1.51 bits per heavy atom. The molecular weight excluding hydrogens is 514 g/mol. The summed E-state index contributed by atoms with van der Waals surface area (Å²) in [5.74, 6) is -0.669. The lowest BCUT2D eigenvalue weighted by atomic mass is 9.96. The summed E-state index contributed by atoms with van der Waals surface area (Å²) < 4.78 is 0. The van der Waals surface area contributed by atoms with Crippen molar-refractivity contribution in [2.24, 2.45) is 0 Å². The van der Waals surface area contributed by atoms with E-state index in [1.807, 2.05) is 44.2 Å². The minimum absolute atomic E-state index is 0.0749. The number of carbonyl (C=O) groups is 3. The molecule has 0 aliphatic carbocycles. The van der Waals surface area contributed by atoms with Crippen molar-refractivity contribution < 1.29 is 14.4 Å². The van der Waals surface area contributed by atoms with Crippen LogP contribution in [0.5, 0.6) is 0 Å². The molecule has 2 aliphatic rings. The van der Waals surface area contributed by atoms with Gasteiger partial charge in [0.25, 0.3) is 0 Å². The molecule has 0 aromatic heterocycles. The summed E-state index contributed by atoms with van der Waals surface area (Å²) in [6.07, 6.45) is -0.0749. The number of nitrogens with one attached hydrogen (secondary N) is 2. The summed E-state index contributed by atoms with van der Waals surface area (Å²) >= 11 is 0. The third-order valence-corrected chi connectivity index (χ3v) is 8.05. The van der Waals surface area contributed by atoms with Crippen molar-refractivity contribution in [2.75, 3.05) is 51.1 Å². The van der Waals surface area contributed by atoms with Crippen LogP contribution in [0.25, 0.3) is 0 Å². The van der Waals surface area contributed by atoms with Crippen LogP contribution >= 0.6 is 0 Å². The molecule has 41 heavy (non-hydrogen) atoms. The first-order chi connectivity index (χ1) is 19.9. The second-order valence-electron chi connectivity index (χ2n) is 11.0. The van der Waals surface area contributed by atoms with Crippen LogP contribution in [0.4, 0.5) is 5.69 Å². The van der Waals surface area contributed by atoms with E-state index in [2.05, 4.69) is 69.0 Å². The summed E-state index contributed by atoms with van der Waals surface area (Å²) in [5, 5.41) is 5.74. The van der Waals surface area contributed by atoms with Crippen molar-refractivity contribution in [1.82, 2.24) is 20.0 Å². The Kier molecular flexibility index (Phi) is 9.11. The van der Waals surface area contributed by atoms with Crippen molar-refractivity contribution in [2.45, 2.75) is 32.4 Å². The summed E-state index contributed by atoms with van der Waals surface area (Å²) in [6, 6.07) is 26.2. The van der Waals surface area contributed by atoms with Crippen molar-refractivity contribution in [3.63, 3.8) is 0 Å². The second-order valence-corrected chi connectivity index (χ2v) is 11.0. The minimum atomic E-state index is -0.816. The lowest BCUT2D eigenvalue weighted by Gasteiger charge is -2.41. The molecule has 3 aromatic rings. The lowest BCUT2D eigenvalue weighted by Crippen LogP contribution is -2.60. The number of aryl methyl sites for hydroxylation is 2. The summed E-state index contributed by atoms with van der Waals surface area (Å²) in [7, 11) is 0. The standard InChI is InChI=1S/C33H39N5O3/c1-24-13-14-28(25(2)21-24)35-30(39)22-29-33(41)34-15-16-38(29)31(40)23-36-17-19-37(20-18-36)32(26-9-5-3-6-10-26)27-11-7-4-8-12-27/h3-14,21,29,32H,15-20,22-23H2,1-2H3,(H,34,41)(H,35,39)/t29-/m0/s1. The van der Waals surface area contributed by atoms with Crippen LogP contribution < -0.4 is 10.6 Å². The van der Waals surface area contributed by atoms with Crippen LogP contribution in [0.1, 0.15) is 34.7 Å². The van der Waals surface area contributed by atoms with Crippen molar-refractivity contribution in [3.05, 3.63) is 101 Å². The van der Waals surface area contributed by atoms with E-state index in [-0.39, 0.29) is 36.7 Å². The maximum atomic E-state index is 13.5. The van der Waals surface area contributed by atoms with Gasteiger partial charge in [-0.1, -0.05) is 78.4 Å². The van der Waals surface area contributed by atoms with E-state index in [1.165, 1.54) is 11.1 Å². The van der Waals surface area contributed by atoms with Gasteiger partial charge in [0.2, 0.25) is 17.7 Å². The molecular formula is C33H39N5O3. The van der Waals surface area contributed by atoms with Gasteiger partial charge in [-0.2, -0.15) is 0 Å².